The van der Waals surface area contributed by atoms with Gasteiger partial charge in [-0.25, -0.2) is 0 Å². The van der Waals surface area contributed by atoms with Crippen LogP contribution >= 0.6 is 11.3 Å². The molecule has 1 fully saturated rings. The van der Waals surface area contributed by atoms with Gasteiger partial charge in [0, 0.05) is 60.5 Å². The molecule has 1 saturated heterocycles. The van der Waals surface area contributed by atoms with E-state index in [0.29, 0.717) is 5.92 Å². The Morgan fingerprint density at radius 3 is 3.04 bits per heavy atom. The Morgan fingerprint density at radius 2 is 2.33 bits per heavy atom. The summed E-state index contributed by atoms with van der Waals surface area (Å²) in [6.07, 6.45) is 7.43. The number of fused-ring (bicyclic) bond motifs is 2. The summed E-state index contributed by atoms with van der Waals surface area (Å²) in [5, 5.41) is 4.29. The normalized spacial score (nSPS) is 27.5. The van der Waals surface area contributed by atoms with Crippen LogP contribution in [0.2, 0.25) is 0 Å². The average molecular weight is 346 g/mol. The lowest BCUT2D eigenvalue weighted by Gasteiger charge is -2.48. The first kappa shape index (κ1) is 16.3. The van der Waals surface area contributed by atoms with E-state index in [4.69, 9.17) is 4.74 Å². The van der Waals surface area contributed by atoms with Crippen molar-refractivity contribution in [1.82, 2.24) is 14.7 Å². The molecule has 2 aromatic rings. The third-order valence-corrected chi connectivity index (χ3v) is 6.98. The van der Waals surface area contributed by atoms with Crippen LogP contribution in [-0.4, -0.2) is 34.4 Å². The molecule has 0 radical (unpaired) electrons. The SMILES string of the molecule is CCc1cc2c(s1)CCOC21CCN(Cc2cnn(C)c2)CC1C. The van der Waals surface area contributed by atoms with Crippen molar-refractivity contribution in [2.45, 2.75) is 45.3 Å². The van der Waals surface area contributed by atoms with Crippen LogP contribution in [0.3, 0.4) is 0 Å². The smallest absolute Gasteiger partial charge is 0.0991 e. The van der Waals surface area contributed by atoms with Crippen molar-refractivity contribution in [3.05, 3.63) is 39.3 Å². The van der Waals surface area contributed by atoms with Gasteiger partial charge in [0.1, 0.15) is 0 Å². The number of ether oxygens (including phenoxy) is 1. The molecule has 24 heavy (non-hydrogen) atoms. The zero-order valence-electron chi connectivity index (χ0n) is 14.9. The zero-order chi connectivity index (χ0) is 16.7. The predicted octanol–water partition coefficient (Wildman–Crippen LogP) is 3.35. The number of rotatable bonds is 3. The van der Waals surface area contributed by atoms with Gasteiger partial charge in [-0.05, 0) is 24.5 Å². The number of aryl methyl sites for hydroxylation is 2. The lowest BCUT2D eigenvalue weighted by Crippen LogP contribution is -2.51. The number of hydrogen-bond acceptors (Lipinski definition) is 4. The number of nitrogens with zero attached hydrogens (tertiary/aromatic N) is 3. The molecular formula is C19H27N3OS. The minimum absolute atomic E-state index is 0.0526. The summed E-state index contributed by atoms with van der Waals surface area (Å²) in [6.45, 7) is 8.68. The van der Waals surface area contributed by atoms with Crippen LogP contribution in [-0.2, 0) is 36.8 Å². The van der Waals surface area contributed by atoms with Crippen LogP contribution in [0.1, 0.15) is 41.1 Å². The molecule has 1 spiro atoms. The molecule has 0 bridgehead atoms. The number of likely N-dealkylation sites (tertiary alicyclic amines) is 1. The maximum atomic E-state index is 6.47. The van der Waals surface area contributed by atoms with Crippen LogP contribution in [0.5, 0.6) is 0 Å². The monoisotopic (exact) mass is 345 g/mol. The predicted molar refractivity (Wildman–Crippen MR) is 97.3 cm³/mol. The van der Waals surface area contributed by atoms with Gasteiger partial charge < -0.3 is 4.74 Å². The van der Waals surface area contributed by atoms with Crippen LogP contribution in [0, 0.1) is 5.92 Å². The maximum absolute atomic E-state index is 6.47. The van der Waals surface area contributed by atoms with E-state index in [1.807, 2.05) is 29.3 Å². The van der Waals surface area contributed by atoms with E-state index in [-0.39, 0.29) is 5.60 Å². The fourth-order valence-corrected chi connectivity index (χ4v) is 5.54. The fourth-order valence-electron chi connectivity index (χ4n) is 4.37. The molecule has 0 saturated carbocycles. The molecular weight excluding hydrogens is 318 g/mol. The summed E-state index contributed by atoms with van der Waals surface area (Å²) in [5.74, 6) is 0.515. The molecule has 0 aromatic carbocycles. The molecule has 4 nitrogen and oxygen atoms in total. The molecule has 2 aliphatic rings. The number of thiophene rings is 1. The molecule has 0 aliphatic carbocycles. The second kappa shape index (κ2) is 6.28. The molecule has 0 amide bonds. The van der Waals surface area contributed by atoms with Crippen molar-refractivity contribution in [1.29, 1.82) is 0 Å². The van der Waals surface area contributed by atoms with E-state index >= 15 is 0 Å². The highest BCUT2D eigenvalue weighted by atomic mass is 32.1. The molecule has 2 atom stereocenters. The van der Waals surface area contributed by atoms with Gasteiger partial charge in [-0.15, -0.1) is 11.3 Å². The summed E-state index contributed by atoms with van der Waals surface area (Å²) in [4.78, 5) is 5.64. The van der Waals surface area contributed by atoms with Crippen LogP contribution in [0.15, 0.2) is 18.5 Å². The van der Waals surface area contributed by atoms with Crippen molar-refractivity contribution in [3.8, 4) is 0 Å². The second-order valence-electron chi connectivity index (χ2n) is 7.30. The average Bonchev–Trinajstić information content (AvgIpc) is 3.17. The fraction of sp³-hybridized carbons (Fsp3) is 0.632. The molecule has 130 valence electrons. The van der Waals surface area contributed by atoms with Crippen LogP contribution in [0.4, 0.5) is 0 Å². The number of hydrogen-bond donors (Lipinski definition) is 0. The highest BCUT2D eigenvalue weighted by Gasteiger charge is 2.46. The third-order valence-electron chi connectivity index (χ3n) is 5.65. The minimum atomic E-state index is -0.0526. The Kier molecular flexibility index (Phi) is 4.27. The second-order valence-corrected chi connectivity index (χ2v) is 8.52. The molecule has 4 rings (SSSR count). The van der Waals surface area contributed by atoms with Gasteiger partial charge >= 0.3 is 0 Å². The van der Waals surface area contributed by atoms with Crippen molar-refractivity contribution in [2.24, 2.45) is 13.0 Å². The van der Waals surface area contributed by atoms with E-state index in [1.165, 1.54) is 16.0 Å². The van der Waals surface area contributed by atoms with Gasteiger partial charge in [-0.3, -0.25) is 9.58 Å². The zero-order valence-corrected chi connectivity index (χ0v) is 15.7. The van der Waals surface area contributed by atoms with E-state index in [0.717, 1.165) is 45.5 Å². The van der Waals surface area contributed by atoms with Gasteiger partial charge in [-0.1, -0.05) is 13.8 Å². The Bertz CT molecular complexity index is 722. The van der Waals surface area contributed by atoms with E-state index in [1.54, 1.807) is 4.88 Å². The van der Waals surface area contributed by atoms with Gasteiger partial charge in [-0.2, -0.15) is 5.10 Å². The van der Waals surface area contributed by atoms with E-state index < -0.39 is 0 Å². The van der Waals surface area contributed by atoms with Crippen molar-refractivity contribution in [3.63, 3.8) is 0 Å². The van der Waals surface area contributed by atoms with Crippen LogP contribution in [0.25, 0.3) is 0 Å². The Morgan fingerprint density at radius 1 is 1.46 bits per heavy atom. The summed E-state index contributed by atoms with van der Waals surface area (Å²) < 4.78 is 8.36. The summed E-state index contributed by atoms with van der Waals surface area (Å²) in [7, 11) is 1.98. The van der Waals surface area contributed by atoms with Crippen molar-refractivity contribution in [2.75, 3.05) is 19.7 Å². The van der Waals surface area contributed by atoms with E-state index in [2.05, 4.69) is 36.1 Å². The topological polar surface area (TPSA) is 30.3 Å². The van der Waals surface area contributed by atoms with Crippen molar-refractivity contribution < 1.29 is 4.74 Å². The first-order valence-corrected chi connectivity index (χ1v) is 9.88. The van der Waals surface area contributed by atoms with Gasteiger partial charge in [0.15, 0.2) is 0 Å². The van der Waals surface area contributed by atoms with E-state index in [9.17, 15) is 0 Å². The highest BCUT2D eigenvalue weighted by molar-refractivity contribution is 7.12. The lowest BCUT2D eigenvalue weighted by molar-refractivity contribution is -0.133. The summed E-state index contributed by atoms with van der Waals surface area (Å²) in [6, 6.07) is 2.44. The summed E-state index contributed by atoms with van der Waals surface area (Å²) in [5.41, 5.74) is 2.75. The largest absolute Gasteiger partial charge is 0.369 e. The molecule has 4 heterocycles. The maximum Gasteiger partial charge on any atom is 0.0991 e. The third kappa shape index (κ3) is 2.72. The van der Waals surface area contributed by atoms with Crippen LogP contribution < -0.4 is 0 Å². The number of aromatic nitrogens is 2. The molecule has 2 aliphatic heterocycles. The minimum Gasteiger partial charge on any atom is -0.369 e. The van der Waals surface area contributed by atoms with Gasteiger partial charge in [0.05, 0.1) is 18.4 Å². The molecule has 0 N–H and O–H groups in total. The quantitative estimate of drug-likeness (QED) is 0.854. The summed E-state index contributed by atoms with van der Waals surface area (Å²) >= 11 is 2.01. The Labute approximate surface area is 148 Å². The first-order chi connectivity index (χ1) is 11.6. The highest BCUT2D eigenvalue weighted by Crippen LogP contribution is 2.47. The Hall–Kier alpha value is -1.17. The van der Waals surface area contributed by atoms with Crippen molar-refractivity contribution >= 4 is 11.3 Å². The number of piperidine rings is 1. The standard InChI is InChI=1S/C19H27N3OS/c1-4-16-9-17-18(24-16)5-8-23-19(17)6-7-22(11-14(19)2)13-15-10-20-21(3)12-15/h9-10,12,14H,4-8,11,13H2,1-3H3. The van der Waals surface area contributed by atoms with Gasteiger partial charge in [0.25, 0.3) is 0 Å². The first-order valence-electron chi connectivity index (χ1n) is 9.06. The van der Waals surface area contributed by atoms with Gasteiger partial charge in [0.2, 0.25) is 0 Å². The lowest BCUT2D eigenvalue weighted by atomic mass is 9.75. The molecule has 2 unspecified atom stereocenters. The molecule has 2 aromatic heterocycles. The Balaban J connectivity index is 1.54. The molecule has 5 heteroatoms.